The number of para-hydroxylation sites is 1. The Balaban J connectivity index is 1.69. The lowest BCUT2D eigenvalue weighted by Crippen LogP contribution is -2.28. The molecule has 1 aromatic carbocycles. The van der Waals surface area contributed by atoms with E-state index in [1.54, 1.807) is 24.0 Å². The van der Waals surface area contributed by atoms with Gasteiger partial charge in [-0.3, -0.25) is 4.79 Å². The molecule has 2 unspecified atom stereocenters. The van der Waals surface area contributed by atoms with Gasteiger partial charge in [0.2, 0.25) is 5.91 Å². The van der Waals surface area contributed by atoms with Crippen LogP contribution in [0.2, 0.25) is 0 Å². The fourth-order valence-electron chi connectivity index (χ4n) is 2.82. The van der Waals surface area contributed by atoms with Gasteiger partial charge in [-0.05, 0) is 31.6 Å². The molecule has 1 fully saturated rings. The zero-order valence-corrected chi connectivity index (χ0v) is 12.6. The van der Waals surface area contributed by atoms with Crippen LogP contribution >= 0.6 is 0 Å². The Kier molecular flexibility index (Phi) is 4.20. The number of hydrogen-bond donors (Lipinski definition) is 1. The quantitative estimate of drug-likeness (QED) is 0.885. The van der Waals surface area contributed by atoms with Gasteiger partial charge in [0.25, 0.3) is 0 Å². The molecule has 22 heavy (non-hydrogen) atoms. The van der Waals surface area contributed by atoms with Crippen LogP contribution in [-0.4, -0.2) is 40.1 Å². The lowest BCUT2D eigenvalue weighted by molar-refractivity contribution is -0.125. The van der Waals surface area contributed by atoms with E-state index in [1.807, 2.05) is 36.4 Å². The van der Waals surface area contributed by atoms with Crippen LogP contribution in [0.1, 0.15) is 19.0 Å². The van der Waals surface area contributed by atoms with Gasteiger partial charge in [0.15, 0.2) is 0 Å². The Morgan fingerprint density at radius 2 is 2.18 bits per heavy atom. The van der Waals surface area contributed by atoms with E-state index >= 15 is 0 Å². The normalized spacial score (nSPS) is 19.9. The van der Waals surface area contributed by atoms with E-state index in [1.165, 1.54) is 0 Å². The number of amides is 1. The van der Waals surface area contributed by atoms with Gasteiger partial charge < -0.3 is 10.0 Å². The summed E-state index contributed by atoms with van der Waals surface area (Å²) in [5.74, 6) is 0.175. The van der Waals surface area contributed by atoms with Crippen LogP contribution in [0, 0.1) is 5.92 Å². The topological polar surface area (TPSA) is 53.4 Å². The van der Waals surface area contributed by atoms with Crippen molar-refractivity contribution < 1.29 is 9.90 Å². The first-order valence-corrected chi connectivity index (χ1v) is 7.64. The third-order valence-corrected chi connectivity index (χ3v) is 4.24. The van der Waals surface area contributed by atoms with Crippen molar-refractivity contribution in [1.82, 2.24) is 9.88 Å². The fourth-order valence-corrected chi connectivity index (χ4v) is 2.82. The van der Waals surface area contributed by atoms with Gasteiger partial charge in [-0.15, -0.1) is 0 Å². The van der Waals surface area contributed by atoms with Crippen molar-refractivity contribution in [2.24, 2.45) is 5.92 Å². The van der Waals surface area contributed by atoms with E-state index in [-0.39, 0.29) is 17.9 Å². The van der Waals surface area contributed by atoms with Gasteiger partial charge in [-0.25, -0.2) is 4.98 Å². The molecule has 1 amide bonds. The summed E-state index contributed by atoms with van der Waals surface area (Å²) in [6.45, 7) is 3.13. The number of aromatic nitrogens is 1. The first-order valence-electron chi connectivity index (χ1n) is 7.64. The fraction of sp³-hybridized carbons (Fsp3) is 0.333. The van der Waals surface area contributed by atoms with E-state index < -0.39 is 0 Å². The molecular formula is C18H20N2O2. The molecule has 1 N–H and O–H groups in total. The van der Waals surface area contributed by atoms with Crippen LogP contribution < -0.4 is 0 Å². The molecule has 0 spiro atoms. The largest absolute Gasteiger partial charge is 0.393 e. The first-order chi connectivity index (χ1) is 10.6. The summed E-state index contributed by atoms with van der Waals surface area (Å²) in [4.78, 5) is 18.5. The maximum Gasteiger partial charge on any atom is 0.246 e. The highest BCUT2D eigenvalue weighted by atomic mass is 16.3. The monoisotopic (exact) mass is 296 g/mol. The van der Waals surface area contributed by atoms with Crippen molar-refractivity contribution in [2.45, 2.75) is 19.4 Å². The zero-order valence-electron chi connectivity index (χ0n) is 12.6. The standard InChI is InChI=1S/C18H20N2O2/c1-13(21)15-10-11-20(12-15)18(22)9-8-16-7-6-14-4-2-3-5-17(14)19-16/h2-9,13,15,21H,10-12H2,1H3/b9-8+. The number of fused-ring (bicyclic) bond motifs is 1. The van der Waals surface area contributed by atoms with Gasteiger partial charge in [-0.2, -0.15) is 0 Å². The minimum Gasteiger partial charge on any atom is -0.393 e. The molecular weight excluding hydrogens is 276 g/mol. The average Bonchev–Trinajstić information content (AvgIpc) is 3.03. The van der Waals surface area contributed by atoms with Crippen molar-refractivity contribution in [3.63, 3.8) is 0 Å². The van der Waals surface area contributed by atoms with Crippen LogP contribution in [0.15, 0.2) is 42.5 Å². The van der Waals surface area contributed by atoms with Crippen LogP contribution in [0.5, 0.6) is 0 Å². The number of carbonyl (C=O) groups is 1. The molecule has 2 atom stereocenters. The summed E-state index contributed by atoms with van der Waals surface area (Å²) in [7, 11) is 0. The minimum atomic E-state index is -0.357. The number of rotatable bonds is 3. The van der Waals surface area contributed by atoms with Crippen LogP contribution in [0.3, 0.4) is 0 Å². The summed E-state index contributed by atoms with van der Waals surface area (Å²) in [5.41, 5.74) is 1.70. The van der Waals surface area contributed by atoms with Crippen LogP contribution in [0.4, 0.5) is 0 Å². The van der Waals surface area contributed by atoms with Crippen molar-refractivity contribution >= 4 is 22.9 Å². The summed E-state index contributed by atoms with van der Waals surface area (Å²) < 4.78 is 0. The van der Waals surface area contributed by atoms with Crippen molar-refractivity contribution in [3.8, 4) is 0 Å². The number of hydrogen-bond acceptors (Lipinski definition) is 3. The lowest BCUT2D eigenvalue weighted by Gasteiger charge is -2.15. The Morgan fingerprint density at radius 1 is 1.36 bits per heavy atom. The first kappa shape index (κ1) is 14.7. The summed E-state index contributed by atoms with van der Waals surface area (Å²) in [5, 5.41) is 10.7. The maximum absolute atomic E-state index is 12.2. The van der Waals surface area contributed by atoms with Gasteiger partial charge in [0.1, 0.15) is 0 Å². The number of aliphatic hydroxyl groups is 1. The van der Waals surface area contributed by atoms with Crippen molar-refractivity contribution in [2.75, 3.05) is 13.1 Å². The highest BCUT2D eigenvalue weighted by Crippen LogP contribution is 2.20. The predicted molar refractivity (Wildman–Crippen MR) is 87.1 cm³/mol. The molecule has 0 bridgehead atoms. The molecule has 1 aliphatic heterocycles. The Hall–Kier alpha value is -2.20. The van der Waals surface area contributed by atoms with E-state index in [0.717, 1.165) is 23.0 Å². The third-order valence-electron chi connectivity index (χ3n) is 4.24. The predicted octanol–water partition coefficient (Wildman–Crippen LogP) is 2.48. The average molecular weight is 296 g/mol. The number of nitrogens with zero attached hydrogens (tertiary/aromatic N) is 2. The van der Waals surface area contributed by atoms with Gasteiger partial charge in [0.05, 0.1) is 17.3 Å². The maximum atomic E-state index is 12.2. The second-order valence-corrected chi connectivity index (χ2v) is 5.84. The van der Waals surface area contributed by atoms with E-state index in [9.17, 15) is 9.90 Å². The SMILES string of the molecule is CC(O)C1CCN(C(=O)/C=C/c2ccc3ccccc3n2)C1. The molecule has 0 radical (unpaired) electrons. The smallest absolute Gasteiger partial charge is 0.246 e. The molecule has 0 aliphatic carbocycles. The molecule has 1 saturated heterocycles. The Morgan fingerprint density at radius 3 is 2.95 bits per heavy atom. The third kappa shape index (κ3) is 3.17. The van der Waals surface area contributed by atoms with Gasteiger partial charge >= 0.3 is 0 Å². The second kappa shape index (κ2) is 6.28. The lowest BCUT2D eigenvalue weighted by atomic mass is 10.0. The molecule has 4 heteroatoms. The molecule has 1 aromatic heterocycles. The molecule has 1 aliphatic rings. The van der Waals surface area contributed by atoms with E-state index in [2.05, 4.69) is 4.98 Å². The minimum absolute atomic E-state index is 0.0156. The molecule has 2 aromatic rings. The van der Waals surface area contributed by atoms with Gasteiger partial charge in [0, 0.05) is 30.5 Å². The summed E-state index contributed by atoms with van der Waals surface area (Å²) in [6.07, 6.45) is 3.83. The molecule has 3 rings (SSSR count). The highest BCUT2D eigenvalue weighted by Gasteiger charge is 2.27. The summed E-state index contributed by atoms with van der Waals surface area (Å²) >= 11 is 0. The second-order valence-electron chi connectivity index (χ2n) is 5.84. The van der Waals surface area contributed by atoms with Crippen LogP contribution in [0.25, 0.3) is 17.0 Å². The van der Waals surface area contributed by atoms with Gasteiger partial charge in [-0.1, -0.05) is 24.3 Å². The van der Waals surface area contributed by atoms with Crippen molar-refractivity contribution in [3.05, 3.63) is 48.2 Å². The van der Waals surface area contributed by atoms with Crippen molar-refractivity contribution in [1.29, 1.82) is 0 Å². The van der Waals surface area contributed by atoms with E-state index in [4.69, 9.17) is 0 Å². The van der Waals surface area contributed by atoms with E-state index in [0.29, 0.717) is 13.1 Å². The van der Waals surface area contributed by atoms with Crippen LogP contribution in [-0.2, 0) is 4.79 Å². The molecule has 4 nitrogen and oxygen atoms in total. The number of aliphatic hydroxyl groups excluding tert-OH is 1. The number of likely N-dealkylation sites (tertiary alicyclic amines) is 1. The molecule has 0 saturated carbocycles. The molecule has 2 heterocycles. The molecule has 114 valence electrons. The Labute approximate surface area is 130 Å². The number of pyridine rings is 1. The zero-order chi connectivity index (χ0) is 15.5. The number of benzene rings is 1. The summed E-state index contributed by atoms with van der Waals surface area (Å²) in [6, 6.07) is 11.8. The highest BCUT2D eigenvalue weighted by molar-refractivity contribution is 5.92. The Bertz CT molecular complexity index is 709. The number of carbonyl (C=O) groups excluding carboxylic acids is 1.